The molecule has 0 unspecified atom stereocenters. The maximum atomic E-state index is 4.49. The Labute approximate surface area is 125 Å². The Morgan fingerprint density at radius 3 is 2.90 bits per heavy atom. The highest BCUT2D eigenvalue weighted by Crippen LogP contribution is 2.30. The van der Waals surface area contributed by atoms with Gasteiger partial charge in [0.05, 0.1) is 12.1 Å². The number of fused-ring (bicyclic) bond motifs is 2. The van der Waals surface area contributed by atoms with Crippen LogP contribution in [0.1, 0.15) is 5.82 Å². The molecule has 0 atom stereocenters. The molecule has 0 spiro atoms. The molecule has 3 aromatic heterocycles. The van der Waals surface area contributed by atoms with Gasteiger partial charge in [-0.1, -0.05) is 18.2 Å². The number of rotatable bonds is 3. The minimum Gasteiger partial charge on any atom is -0.357 e. The van der Waals surface area contributed by atoms with Gasteiger partial charge in [-0.15, -0.1) is 10.2 Å². The zero-order valence-electron chi connectivity index (χ0n) is 11.5. The maximum Gasteiger partial charge on any atom is 0.160 e. The van der Waals surface area contributed by atoms with E-state index in [1.807, 2.05) is 47.0 Å². The number of hydrogen-bond acceptors (Lipinski definition) is 5. The third kappa shape index (κ3) is 2.04. The Morgan fingerprint density at radius 1 is 1.10 bits per heavy atom. The molecule has 6 heteroatoms. The van der Waals surface area contributed by atoms with Crippen LogP contribution >= 0.6 is 11.5 Å². The van der Waals surface area contributed by atoms with E-state index in [2.05, 4.69) is 32.6 Å². The smallest absolute Gasteiger partial charge is 0.160 e. The maximum absolute atomic E-state index is 4.49. The fraction of sp³-hybridized carbons (Fsp3) is 0.133. The largest absolute Gasteiger partial charge is 0.357 e. The van der Waals surface area contributed by atoms with Crippen molar-refractivity contribution in [2.75, 3.05) is 11.9 Å². The second kappa shape index (κ2) is 4.82. The van der Waals surface area contributed by atoms with Crippen molar-refractivity contribution >= 4 is 33.1 Å². The molecule has 4 rings (SSSR count). The number of nitrogens with zero attached hydrogens (tertiary/aromatic N) is 5. The highest BCUT2D eigenvalue weighted by atomic mass is 32.1. The van der Waals surface area contributed by atoms with Crippen LogP contribution < -0.4 is 4.90 Å². The lowest BCUT2D eigenvalue weighted by molar-refractivity contribution is 0.829. The minimum absolute atomic E-state index is 0.692. The van der Waals surface area contributed by atoms with Crippen molar-refractivity contribution in [2.24, 2.45) is 0 Å². The third-order valence-corrected chi connectivity index (χ3v) is 4.47. The Balaban J connectivity index is 1.71. The summed E-state index contributed by atoms with van der Waals surface area (Å²) in [6.07, 6.45) is 1.99. The first-order valence-electron chi connectivity index (χ1n) is 6.67. The second-order valence-electron chi connectivity index (χ2n) is 4.91. The molecular formula is C15H13N5S. The molecule has 5 nitrogen and oxygen atoms in total. The summed E-state index contributed by atoms with van der Waals surface area (Å²) in [4.78, 5) is 2.17. The van der Waals surface area contributed by atoms with E-state index in [4.69, 9.17) is 0 Å². The van der Waals surface area contributed by atoms with E-state index in [1.54, 1.807) is 0 Å². The summed E-state index contributed by atoms with van der Waals surface area (Å²) in [5.41, 5.74) is 1.91. The fourth-order valence-electron chi connectivity index (χ4n) is 2.43. The molecule has 104 valence electrons. The van der Waals surface area contributed by atoms with Crippen LogP contribution in [0, 0.1) is 0 Å². The molecular weight excluding hydrogens is 282 g/mol. The molecule has 1 aromatic carbocycles. The van der Waals surface area contributed by atoms with Gasteiger partial charge >= 0.3 is 0 Å². The van der Waals surface area contributed by atoms with Gasteiger partial charge < -0.3 is 4.90 Å². The molecule has 0 aliphatic heterocycles. The molecule has 0 radical (unpaired) electrons. The monoisotopic (exact) mass is 295 g/mol. The number of pyridine rings is 1. The van der Waals surface area contributed by atoms with Crippen LogP contribution in [-0.4, -0.2) is 26.0 Å². The van der Waals surface area contributed by atoms with Crippen LogP contribution in [0.2, 0.25) is 0 Å². The lowest BCUT2D eigenvalue weighted by Crippen LogP contribution is -2.17. The van der Waals surface area contributed by atoms with Crippen molar-refractivity contribution in [3.8, 4) is 0 Å². The summed E-state index contributed by atoms with van der Waals surface area (Å²) in [6.45, 7) is 0.692. The van der Waals surface area contributed by atoms with Crippen LogP contribution in [-0.2, 0) is 6.54 Å². The Hall–Kier alpha value is -2.47. The molecule has 0 bridgehead atoms. The SMILES string of the molecule is CN(Cc1nnc2ccccn12)c1snc2ccccc12. The van der Waals surface area contributed by atoms with Gasteiger partial charge in [0.15, 0.2) is 11.5 Å². The molecule has 0 N–H and O–H groups in total. The second-order valence-corrected chi connectivity index (χ2v) is 5.66. The first kappa shape index (κ1) is 12.3. The lowest BCUT2D eigenvalue weighted by atomic mass is 10.2. The van der Waals surface area contributed by atoms with Gasteiger partial charge in [0.2, 0.25) is 0 Å². The van der Waals surface area contributed by atoms with Gasteiger partial charge in [-0.3, -0.25) is 4.40 Å². The third-order valence-electron chi connectivity index (χ3n) is 3.47. The van der Waals surface area contributed by atoms with Gasteiger partial charge in [-0.25, -0.2) is 0 Å². The minimum atomic E-state index is 0.692. The Morgan fingerprint density at radius 2 is 1.95 bits per heavy atom. The standard InChI is InChI=1S/C15H13N5S/c1-19(15-11-6-2-3-7-12(11)18-21-15)10-14-17-16-13-8-4-5-9-20(13)14/h2-9H,10H2,1H3. The number of anilines is 1. The quantitative estimate of drug-likeness (QED) is 0.583. The van der Waals surface area contributed by atoms with Crippen molar-refractivity contribution in [1.29, 1.82) is 0 Å². The highest BCUT2D eigenvalue weighted by Gasteiger charge is 2.13. The molecule has 0 fully saturated rings. The number of aromatic nitrogens is 4. The van der Waals surface area contributed by atoms with Crippen LogP contribution in [0.4, 0.5) is 5.00 Å². The molecule has 0 aliphatic rings. The zero-order chi connectivity index (χ0) is 14.2. The average Bonchev–Trinajstić information content (AvgIpc) is 3.12. The van der Waals surface area contributed by atoms with E-state index in [-0.39, 0.29) is 0 Å². The summed E-state index contributed by atoms with van der Waals surface area (Å²) in [5.74, 6) is 0.922. The van der Waals surface area contributed by atoms with E-state index in [1.165, 1.54) is 16.9 Å². The molecule has 0 amide bonds. The van der Waals surface area contributed by atoms with E-state index in [0.717, 1.165) is 22.0 Å². The van der Waals surface area contributed by atoms with Crippen molar-refractivity contribution < 1.29 is 0 Å². The highest BCUT2D eigenvalue weighted by molar-refractivity contribution is 7.11. The zero-order valence-corrected chi connectivity index (χ0v) is 12.3. The topological polar surface area (TPSA) is 46.3 Å². The van der Waals surface area contributed by atoms with Crippen LogP contribution in [0.15, 0.2) is 48.7 Å². The van der Waals surface area contributed by atoms with Gasteiger partial charge in [-0.2, -0.15) is 4.37 Å². The first-order chi connectivity index (χ1) is 10.3. The summed E-state index contributed by atoms with van der Waals surface area (Å²) >= 11 is 1.52. The summed E-state index contributed by atoms with van der Waals surface area (Å²) in [7, 11) is 2.06. The van der Waals surface area contributed by atoms with Crippen LogP contribution in [0.5, 0.6) is 0 Å². The van der Waals surface area contributed by atoms with Gasteiger partial charge in [-0.05, 0) is 35.8 Å². The van der Waals surface area contributed by atoms with E-state index in [9.17, 15) is 0 Å². The number of hydrogen-bond donors (Lipinski definition) is 0. The molecule has 21 heavy (non-hydrogen) atoms. The molecule has 0 saturated carbocycles. The predicted molar refractivity (Wildman–Crippen MR) is 84.7 cm³/mol. The van der Waals surface area contributed by atoms with E-state index in [0.29, 0.717) is 6.54 Å². The normalized spacial score (nSPS) is 11.3. The fourth-order valence-corrected chi connectivity index (χ4v) is 3.25. The Bertz CT molecular complexity index is 910. The Kier molecular flexibility index (Phi) is 2.82. The van der Waals surface area contributed by atoms with Crippen molar-refractivity contribution in [3.63, 3.8) is 0 Å². The van der Waals surface area contributed by atoms with E-state index >= 15 is 0 Å². The lowest BCUT2D eigenvalue weighted by Gasteiger charge is -2.15. The molecule has 0 aliphatic carbocycles. The van der Waals surface area contributed by atoms with Crippen LogP contribution in [0.25, 0.3) is 16.6 Å². The summed E-state index contributed by atoms with van der Waals surface area (Å²) in [6, 6.07) is 14.1. The summed E-state index contributed by atoms with van der Waals surface area (Å²) in [5, 5.41) is 10.8. The first-order valence-corrected chi connectivity index (χ1v) is 7.44. The number of benzene rings is 1. The molecule has 3 heterocycles. The summed E-state index contributed by atoms with van der Waals surface area (Å²) < 4.78 is 6.50. The average molecular weight is 295 g/mol. The molecule has 0 saturated heterocycles. The molecule has 4 aromatic rings. The van der Waals surface area contributed by atoms with Gasteiger partial charge in [0.1, 0.15) is 5.00 Å². The van der Waals surface area contributed by atoms with E-state index < -0.39 is 0 Å². The van der Waals surface area contributed by atoms with Gasteiger partial charge in [0.25, 0.3) is 0 Å². The van der Waals surface area contributed by atoms with Crippen LogP contribution in [0.3, 0.4) is 0 Å². The van der Waals surface area contributed by atoms with Crippen molar-refractivity contribution in [3.05, 3.63) is 54.5 Å². The predicted octanol–water partition coefficient (Wildman–Crippen LogP) is 2.98. The van der Waals surface area contributed by atoms with Crippen molar-refractivity contribution in [1.82, 2.24) is 19.0 Å². The van der Waals surface area contributed by atoms with Gasteiger partial charge in [0, 0.05) is 18.6 Å². The van der Waals surface area contributed by atoms with Crippen molar-refractivity contribution in [2.45, 2.75) is 6.54 Å².